The largest absolute Gasteiger partial charge is 0.393 e. The van der Waals surface area contributed by atoms with E-state index >= 15 is 0 Å². The summed E-state index contributed by atoms with van der Waals surface area (Å²) in [5.74, 6) is 0.224. The maximum atomic E-state index is 12.2. The lowest BCUT2D eigenvalue weighted by Gasteiger charge is -2.52. The molecule has 0 heterocycles. The molecule has 5 atom stereocenters. The number of rotatable bonds is 4. The van der Waals surface area contributed by atoms with Crippen molar-refractivity contribution in [1.29, 1.82) is 0 Å². The second-order valence-corrected chi connectivity index (χ2v) is 9.62. The van der Waals surface area contributed by atoms with Gasteiger partial charge in [-0.15, -0.1) is 0 Å². The number of hydrogen-bond acceptors (Lipinski definition) is 5. The molecule has 160 valence electrons. The van der Waals surface area contributed by atoms with Gasteiger partial charge in [0.2, 0.25) is 0 Å². The van der Waals surface area contributed by atoms with Crippen LogP contribution in [0.15, 0.2) is 12.1 Å². The van der Waals surface area contributed by atoms with Crippen molar-refractivity contribution in [3.05, 3.63) is 33.4 Å². The number of anilines is 1. The Labute approximate surface area is 171 Å². The van der Waals surface area contributed by atoms with Gasteiger partial charge >= 0.3 is 0 Å². The Balaban J connectivity index is 2.00. The van der Waals surface area contributed by atoms with E-state index in [1.807, 2.05) is 13.0 Å². The second kappa shape index (κ2) is 7.36. The Kier molecular flexibility index (Phi) is 5.51. The Morgan fingerprint density at radius 3 is 2.59 bits per heavy atom. The third kappa shape index (κ3) is 3.66. The number of nitro groups is 1. The van der Waals surface area contributed by atoms with Gasteiger partial charge in [-0.1, -0.05) is 19.9 Å². The van der Waals surface area contributed by atoms with Crippen LogP contribution in [0, 0.1) is 27.4 Å². The minimum Gasteiger partial charge on any atom is -0.393 e. The third-order valence-corrected chi connectivity index (χ3v) is 7.58. The highest BCUT2D eigenvalue weighted by molar-refractivity contribution is 5.98. The number of carbonyl (C=O) groups is 1. The van der Waals surface area contributed by atoms with E-state index < -0.39 is 22.5 Å². The lowest BCUT2D eigenvalue weighted by atomic mass is 9.54. The molecule has 0 saturated heterocycles. The summed E-state index contributed by atoms with van der Waals surface area (Å²) in [6.07, 6.45) is 2.76. The van der Waals surface area contributed by atoms with Gasteiger partial charge in [0.1, 0.15) is 11.3 Å². The van der Waals surface area contributed by atoms with E-state index in [-0.39, 0.29) is 22.7 Å². The van der Waals surface area contributed by atoms with Crippen LogP contribution in [0.5, 0.6) is 0 Å². The number of hydrogen-bond donors (Lipinski definition) is 3. The molecule has 3 rings (SSSR count). The SMILES string of the molecule is CC(O)C1(C)CCC2c3ccc(NC(=O)C(C)(C)O)c([N+](=O)[O-])c3CCC2C1C. The quantitative estimate of drug-likeness (QED) is 0.522. The zero-order chi connectivity index (χ0) is 21.7. The molecule has 0 radical (unpaired) electrons. The van der Waals surface area contributed by atoms with E-state index in [0.717, 1.165) is 24.8 Å². The minimum absolute atomic E-state index is 0.0601. The van der Waals surface area contributed by atoms with Gasteiger partial charge in [0.15, 0.2) is 0 Å². The van der Waals surface area contributed by atoms with E-state index in [2.05, 4.69) is 19.2 Å². The van der Waals surface area contributed by atoms with Crippen LogP contribution >= 0.6 is 0 Å². The molecule has 29 heavy (non-hydrogen) atoms. The van der Waals surface area contributed by atoms with Crippen molar-refractivity contribution in [1.82, 2.24) is 0 Å². The molecular formula is C22H32N2O5. The fraction of sp³-hybridized carbons (Fsp3) is 0.682. The summed E-state index contributed by atoms with van der Waals surface area (Å²) >= 11 is 0. The van der Waals surface area contributed by atoms with Crippen LogP contribution in [0.25, 0.3) is 0 Å². The van der Waals surface area contributed by atoms with Crippen LogP contribution in [0.4, 0.5) is 11.4 Å². The summed E-state index contributed by atoms with van der Waals surface area (Å²) in [4.78, 5) is 23.7. The molecule has 1 aromatic rings. The molecule has 7 heteroatoms. The normalized spacial score (nSPS) is 30.1. The topological polar surface area (TPSA) is 113 Å². The Hall–Kier alpha value is -1.99. The summed E-state index contributed by atoms with van der Waals surface area (Å²) in [7, 11) is 0. The molecule has 0 aliphatic heterocycles. The number of amides is 1. The van der Waals surface area contributed by atoms with E-state index in [1.165, 1.54) is 13.8 Å². The van der Waals surface area contributed by atoms with Crippen molar-refractivity contribution >= 4 is 17.3 Å². The van der Waals surface area contributed by atoms with Crippen molar-refractivity contribution in [3.63, 3.8) is 0 Å². The van der Waals surface area contributed by atoms with Crippen LogP contribution in [-0.4, -0.2) is 32.7 Å². The van der Waals surface area contributed by atoms with E-state index in [4.69, 9.17) is 0 Å². The summed E-state index contributed by atoms with van der Waals surface area (Å²) < 4.78 is 0. The molecule has 7 nitrogen and oxygen atoms in total. The van der Waals surface area contributed by atoms with Gasteiger partial charge in [-0.05, 0) is 81.3 Å². The summed E-state index contributed by atoms with van der Waals surface area (Å²) in [5.41, 5.74) is -0.0111. The van der Waals surface area contributed by atoms with Crippen molar-refractivity contribution in [2.75, 3.05) is 5.32 Å². The Morgan fingerprint density at radius 1 is 1.38 bits per heavy atom. The van der Waals surface area contributed by atoms with E-state index in [1.54, 1.807) is 6.07 Å². The van der Waals surface area contributed by atoms with Gasteiger partial charge in [0.25, 0.3) is 11.6 Å². The van der Waals surface area contributed by atoms with Crippen LogP contribution in [0.1, 0.15) is 70.9 Å². The molecule has 3 N–H and O–H groups in total. The summed E-state index contributed by atoms with van der Waals surface area (Å²) in [5, 5.41) is 34.7. The number of nitro benzene ring substituents is 1. The van der Waals surface area contributed by atoms with Gasteiger partial charge in [0, 0.05) is 5.56 Å². The first-order valence-corrected chi connectivity index (χ1v) is 10.4. The Morgan fingerprint density at radius 2 is 2.03 bits per heavy atom. The average molecular weight is 405 g/mol. The standard InChI is InChI=1S/C22H32N2O5/c1-12-14-6-7-17-15(16(14)10-11-22(12,5)13(2)25)8-9-18(19(17)24(28)29)23-20(26)21(3,4)27/h8-9,12-14,16,25,27H,6-7,10-11H2,1-5H3,(H,23,26). The number of carbonyl (C=O) groups excluding carboxylic acids is 1. The first-order chi connectivity index (χ1) is 13.4. The zero-order valence-corrected chi connectivity index (χ0v) is 17.9. The highest BCUT2D eigenvalue weighted by Crippen LogP contribution is 2.57. The maximum Gasteiger partial charge on any atom is 0.296 e. The van der Waals surface area contributed by atoms with Crippen LogP contribution in [0.2, 0.25) is 0 Å². The van der Waals surface area contributed by atoms with E-state index in [9.17, 15) is 25.1 Å². The van der Waals surface area contributed by atoms with Crippen molar-refractivity contribution in [3.8, 4) is 0 Å². The van der Waals surface area contributed by atoms with Gasteiger partial charge < -0.3 is 15.5 Å². The number of nitrogens with one attached hydrogen (secondary N) is 1. The molecule has 1 saturated carbocycles. The maximum absolute atomic E-state index is 12.2. The third-order valence-electron chi connectivity index (χ3n) is 7.58. The molecule has 1 fully saturated rings. The average Bonchev–Trinajstić information content (AvgIpc) is 2.62. The first-order valence-electron chi connectivity index (χ1n) is 10.4. The molecule has 0 bridgehead atoms. The van der Waals surface area contributed by atoms with Crippen LogP contribution in [0.3, 0.4) is 0 Å². The first kappa shape index (κ1) is 21.7. The molecule has 1 aromatic carbocycles. The number of aliphatic hydroxyl groups excluding tert-OH is 1. The minimum atomic E-state index is -1.63. The lowest BCUT2D eigenvalue weighted by molar-refractivity contribution is -0.384. The number of benzene rings is 1. The highest BCUT2D eigenvalue weighted by Gasteiger charge is 2.49. The summed E-state index contributed by atoms with van der Waals surface area (Å²) in [6, 6.07) is 3.49. The van der Waals surface area contributed by atoms with Crippen LogP contribution in [-0.2, 0) is 11.2 Å². The van der Waals surface area contributed by atoms with Gasteiger partial charge in [-0.2, -0.15) is 0 Å². The van der Waals surface area contributed by atoms with E-state index in [0.29, 0.717) is 23.8 Å². The zero-order valence-electron chi connectivity index (χ0n) is 17.9. The van der Waals surface area contributed by atoms with Crippen molar-refractivity contribution < 1.29 is 19.9 Å². The monoisotopic (exact) mass is 404 g/mol. The highest BCUT2D eigenvalue weighted by atomic mass is 16.6. The smallest absolute Gasteiger partial charge is 0.296 e. The predicted octanol–water partition coefficient (Wildman–Crippen LogP) is 3.77. The second-order valence-electron chi connectivity index (χ2n) is 9.62. The Bertz CT molecular complexity index is 829. The fourth-order valence-corrected chi connectivity index (χ4v) is 5.33. The molecule has 0 spiro atoms. The number of aliphatic hydroxyl groups is 2. The fourth-order valence-electron chi connectivity index (χ4n) is 5.33. The molecule has 5 unspecified atom stereocenters. The van der Waals surface area contributed by atoms with Crippen molar-refractivity contribution in [2.24, 2.45) is 17.3 Å². The van der Waals surface area contributed by atoms with Gasteiger partial charge in [-0.25, -0.2) is 0 Å². The molecule has 1 amide bonds. The van der Waals surface area contributed by atoms with Gasteiger partial charge in [0.05, 0.1) is 11.0 Å². The lowest BCUT2D eigenvalue weighted by Crippen LogP contribution is -2.46. The number of nitrogens with zero attached hydrogens (tertiary/aromatic N) is 1. The summed E-state index contributed by atoms with van der Waals surface area (Å²) in [6.45, 7) is 8.89. The molecule has 2 aliphatic carbocycles. The molecule has 2 aliphatic rings. The molecular weight excluding hydrogens is 372 g/mol. The van der Waals surface area contributed by atoms with Crippen molar-refractivity contribution in [2.45, 2.75) is 77.9 Å². The van der Waals surface area contributed by atoms with Gasteiger partial charge in [-0.3, -0.25) is 14.9 Å². The predicted molar refractivity (Wildman–Crippen MR) is 111 cm³/mol. The molecule has 0 aromatic heterocycles. The van der Waals surface area contributed by atoms with Crippen LogP contribution < -0.4 is 5.32 Å². The number of fused-ring (bicyclic) bond motifs is 3.